The molecule has 0 amide bonds. The van der Waals surface area contributed by atoms with Gasteiger partial charge < -0.3 is 17.4 Å². The molecule has 9 heteroatoms. The zero-order chi connectivity index (χ0) is 10.8. The molecule has 0 aliphatic carbocycles. The molecule has 1 aromatic rings. The molecule has 2 N–H and O–H groups in total. The van der Waals surface area contributed by atoms with E-state index in [1.807, 2.05) is 0 Å². The van der Waals surface area contributed by atoms with E-state index in [2.05, 4.69) is 4.52 Å². The van der Waals surface area contributed by atoms with Crippen LogP contribution in [-0.2, 0) is 4.57 Å². The molecule has 0 aliphatic rings. The first-order valence-electron chi connectivity index (χ1n) is 3.43. The molecule has 16 heavy (non-hydrogen) atoms. The molecule has 5 nitrogen and oxygen atoms in total. The molecule has 1 atom stereocenters. The summed E-state index contributed by atoms with van der Waals surface area (Å²) in [6.07, 6.45) is 0. The summed E-state index contributed by atoms with van der Waals surface area (Å²) in [4.78, 5) is 19.0. The maximum atomic E-state index is 10.9. The molecule has 0 heterocycles. The first kappa shape index (κ1) is 19.3. The Morgan fingerprint density at radius 3 is 2.12 bits per heavy atom. The van der Waals surface area contributed by atoms with Crippen LogP contribution in [-0.4, -0.2) is 15.7 Å². The first-order valence-corrected chi connectivity index (χ1v) is 5.39. The van der Waals surface area contributed by atoms with Crippen LogP contribution in [0.4, 0.5) is 4.79 Å². The van der Waals surface area contributed by atoms with E-state index < -0.39 is 13.3 Å². The van der Waals surface area contributed by atoms with Gasteiger partial charge in [0.25, 0.3) is 0 Å². The predicted octanol–water partition coefficient (Wildman–Crippen LogP) is -3.18. The summed E-state index contributed by atoms with van der Waals surface area (Å²) >= 11 is 5.54. The average molecular weight is 285 g/mol. The summed E-state index contributed by atoms with van der Waals surface area (Å²) in [6.45, 7) is 0. The number of carbonyl (C=O) groups is 1. The molecule has 0 fully saturated rings. The molecular weight excluding hydrogens is 276 g/mol. The molecule has 0 saturated heterocycles. The van der Waals surface area contributed by atoms with Crippen LogP contribution in [0.2, 0.25) is 5.02 Å². The van der Waals surface area contributed by atoms with E-state index in [-0.39, 0.29) is 67.7 Å². The Hall–Kier alpha value is 0.970. The minimum Gasteiger partial charge on any atom is -1.00 e. The molecule has 1 rings (SSSR count). The van der Waals surface area contributed by atoms with E-state index in [4.69, 9.17) is 21.6 Å². The standard InChI is InChI=1S/C7H6ClO5P.2Na.2H/c8-5-1-3-6(4-2-5)13-14(11,12)7(9)10;;;;/h1-4H,(H,9,10)(H,11,12);;;;/q;2*+1;2*-1. The van der Waals surface area contributed by atoms with Crippen molar-refractivity contribution in [3.63, 3.8) is 0 Å². The summed E-state index contributed by atoms with van der Waals surface area (Å²) in [6, 6.07) is 5.43. The Bertz CT molecular complexity index is 405. The normalized spacial score (nSPS) is 12.6. The predicted molar refractivity (Wildman–Crippen MR) is 52.2 cm³/mol. The van der Waals surface area contributed by atoms with Gasteiger partial charge in [-0.05, 0) is 24.3 Å². The summed E-state index contributed by atoms with van der Waals surface area (Å²) in [5, 5.41) is 8.71. The van der Waals surface area contributed by atoms with Crippen molar-refractivity contribution in [2.75, 3.05) is 0 Å². The van der Waals surface area contributed by atoms with Crippen LogP contribution in [0.3, 0.4) is 0 Å². The molecule has 0 aliphatic heterocycles. The van der Waals surface area contributed by atoms with E-state index >= 15 is 0 Å². The van der Waals surface area contributed by atoms with Crippen LogP contribution in [0, 0.1) is 0 Å². The van der Waals surface area contributed by atoms with Gasteiger partial charge in [0.1, 0.15) is 5.75 Å². The number of rotatable bonds is 3. The van der Waals surface area contributed by atoms with Gasteiger partial charge in [0.05, 0.1) is 0 Å². The first-order chi connectivity index (χ1) is 6.42. The summed E-state index contributed by atoms with van der Waals surface area (Å²) in [5.74, 6) is -0.0253. The molecule has 1 aromatic carbocycles. The van der Waals surface area contributed by atoms with Crippen LogP contribution in [0.5, 0.6) is 5.75 Å². The van der Waals surface area contributed by atoms with E-state index in [9.17, 15) is 9.36 Å². The van der Waals surface area contributed by atoms with Crippen molar-refractivity contribution in [3.8, 4) is 5.75 Å². The summed E-state index contributed by atoms with van der Waals surface area (Å²) < 4.78 is 15.2. The summed E-state index contributed by atoms with van der Waals surface area (Å²) in [7, 11) is -4.63. The Kier molecular flexibility index (Phi) is 9.82. The number of hydrogen-bond donors (Lipinski definition) is 2. The Balaban J connectivity index is -0.000000245. The van der Waals surface area contributed by atoms with Crippen molar-refractivity contribution in [2.45, 2.75) is 0 Å². The van der Waals surface area contributed by atoms with E-state index in [0.29, 0.717) is 5.02 Å². The third-order valence-electron chi connectivity index (χ3n) is 1.28. The third-order valence-corrected chi connectivity index (χ3v) is 2.48. The quantitative estimate of drug-likeness (QED) is 0.452. The molecule has 0 bridgehead atoms. The smallest absolute Gasteiger partial charge is 1.00 e. The fourth-order valence-corrected chi connectivity index (χ4v) is 1.29. The van der Waals surface area contributed by atoms with Gasteiger partial charge in [-0.1, -0.05) is 11.6 Å². The van der Waals surface area contributed by atoms with Gasteiger partial charge in [0, 0.05) is 5.02 Å². The molecule has 0 saturated carbocycles. The monoisotopic (exact) mass is 284 g/mol. The van der Waals surface area contributed by atoms with Crippen molar-refractivity contribution >= 4 is 24.9 Å². The van der Waals surface area contributed by atoms with Gasteiger partial charge in [-0.25, -0.2) is 9.36 Å². The van der Waals surface area contributed by atoms with Crippen LogP contribution < -0.4 is 63.6 Å². The number of halogens is 1. The van der Waals surface area contributed by atoms with Gasteiger partial charge in [0.15, 0.2) is 0 Å². The van der Waals surface area contributed by atoms with Crippen molar-refractivity contribution in [1.29, 1.82) is 0 Å². The zero-order valence-electron chi connectivity index (χ0n) is 10.8. The topological polar surface area (TPSA) is 83.8 Å². The minimum atomic E-state index is -4.63. The van der Waals surface area contributed by atoms with Crippen LogP contribution in [0.15, 0.2) is 24.3 Å². The van der Waals surface area contributed by atoms with E-state index in [1.165, 1.54) is 24.3 Å². The van der Waals surface area contributed by atoms with E-state index in [0.717, 1.165) is 0 Å². The molecular formula is C7H8ClNa2O5P. The number of hydrogen-bond acceptors (Lipinski definition) is 3. The van der Waals surface area contributed by atoms with Crippen molar-refractivity contribution in [1.82, 2.24) is 0 Å². The van der Waals surface area contributed by atoms with Gasteiger partial charge >= 0.3 is 72.4 Å². The Morgan fingerprint density at radius 1 is 1.31 bits per heavy atom. The maximum Gasteiger partial charge on any atom is 1.00 e. The van der Waals surface area contributed by atoms with Gasteiger partial charge in [0.2, 0.25) is 0 Å². The second-order valence-electron chi connectivity index (χ2n) is 2.35. The molecule has 1 unspecified atom stereocenters. The van der Waals surface area contributed by atoms with Crippen LogP contribution >= 0.6 is 19.2 Å². The van der Waals surface area contributed by atoms with Crippen LogP contribution in [0.1, 0.15) is 2.85 Å². The molecule has 0 spiro atoms. The van der Waals surface area contributed by atoms with E-state index in [1.54, 1.807) is 0 Å². The average Bonchev–Trinajstić information content (AvgIpc) is 2.08. The Labute approximate surface area is 144 Å². The maximum absolute atomic E-state index is 10.9. The summed E-state index contributed by atoms with van der Waals surface area (Å²) in [5.41, 5.74) is -1.90. The fourth-order valence-electron chi connectivity index (χ4n) is 0.677. The molecule has 0 radical (unpaired) electrons. The second-order valence-corrected chi connectivity index (χ2v) is 4.39. The SMILES string of the molecule is O=C(O)P(=O)(O)Oc1ccc(Cl)cc1.[H-].[H-].[Na+].[Na+]. The molecule has 80 valence electrons. The van der Waals surface area contributed by atoms with Crippen molar-refractivity contribution in [2.24, 2.45) is 0 Å². The van der Waals surface area contributed by atoms with Crippen LogP contribution in [0.25, 0.3) is 0 Å². The zero-order valence-corrected chi connectivity index (χ0v) is 14.4. The number of carboxylic acid groups (broad SMARTS) is 1. The van der Waals surface area contributed by atoms with Gasteiger partial charge in [-0.3, -0.25) is 0 Å². The minimum absolute atomic E-state index is 0. The fraction of sp³-hybridized carbons (Fsp3) is 0. The van der Waals surface area contributed by atoms with Gasteiger partial charge in [-0.15, -0.1) is 0 Å². The van der Waals surface area contributed by atoms with Crippen molar-refractivity contribution < 1.29 is 85.9 Å². The number of benzene rings is 1. The molecule has 0 aromatic heterocycles. The van der Waals surface area contributed by atoms with Gasteiger partial charge in [-0.2, -0.15) is 0 Å². The second kappa shape index (κ2) is 8.14. The Morgan fingerprint density at radius 2 is 1.75 bits per heavy atom. The largest absolute Gasteiger partial charge is 1.00 e. The van der Waals surface area contributed by atoms with Crippen molar-refractivity contribution in [3.05, 3.63) is 29.3 Å². The third kappa shape index (κ3) is 6.05.